The number of benzene rings is 2. The molecule has 0 saturated carbocycles. The van der Waals surface area contributed by atoms with Crippen LogP contribution in [0.15, 0.2) is 36.4 Å². The van der Waals surface area contributed by atoms with E-state index in [0.717, 1.165) is 12.1 Å². The van der Waals surface area contributed by atoms with Crippen LogP contribution in [0, 0.1) is 11.6 Å². The molecule has 1 atom stereocenters. The van der Waals surface area contributed by atoms with E-state index in [2.05, 4.69) is 14.8 Å². The zero-order valence-corrected chi connectivity index (χ0v) is 13.6. The Morgan fingerprint density at radius 1 is 1.15 bits per heavy atom. The molecule has 0 saturated heterocycles. The molecule has 0 spiro atoms. The summed E-state index contributed by atoms with van der Waals surface area (Å²) in [6.45, 7) is 1.62. The van der Waals surface area contributed by atoms with E-state index in [4.69, 9.17) is 0 Å². The predicted octanol–water partition coefficient (Wildman–Crippen LogP) is 2.55. The molecule has 9 heteroatoms. The lowest BCUT2D eigenvalue weighted by atomic mass is 10.1. The monoisotopic (exact) mass is 371 g/mol. The first-order valence-electron chi connectivity index (χ1n) is 7.71. The number of anilines is 1. The highest BCUT2D eigenvalue weighted by Crippen LogP contribution is 2.42. The summed E-state index contributed by atoms with van der Waals surface area (Å²) in [5.74, 6) is -2.10. The fraction of sp³-hybridized carbons (Fsp3) is 0.235. The molecule has 5 nitrogen and oxygen atoms in total. The second-order valence-corrected chi connectivity index (χ2v) is 5.77. The van der Waals surface area contributed by atoms with Gasteiger partial charge in [0.1, 0.15) is 17.7 Å². The lowest BCUT2D eigenvalue weighted by Gasteiger charge is -2.12. The van der Waals surface area contributed by atoms with Crippen LogP contribution in [0.4, 0.5) is 23.2 Å². The Morgan fingerprint density at radius 2 is 1.88 bits per heavy atom. The third kappa shape index (κ3) is 4.05. The van der Waals surface area contributed by atoms with E-state index < -0.39 is 29.9 Å². The Labute approximate surface area is 145 Å². The number of carbonyl (C=O) groups is 1. The minimum Gasteiger partial charge on any atom is -0.395 e. The molecule has 138 valence electrons. The van der Waals surface area contributed by atoms with E-state index >= 15 is 0 Å². The maximum absolute atomic E-state index is 13.7. The molecular weight excluding hydrogens is 356 g/mol. The molecular formula is C17H15F4N2O3+. The summed E-state index contributed by atoms with van der Waals surface area (Å²) in [5.41, 5.74) is 0.522. The quantitative estimate of drug-likeness (QED) is 0.794. The third-order valence-corrected chi connectivity index (χ3v) is 3.79. The molecule has 0 fully saturated rings. The van der Waals surface area contributed by atoms with Crippen LogP contribution in [0.3, 0.4) is 0 Å². The first-order chi connectivity index (χ1) is 12.2. The van der Waals surface area contributed by atoms with E-state index in [0.29, 0.717) is 0 Å². The van der Waals surface area contributed by atoms with E-state index in [1.54, 1.807) is 12.2 Å². The zero-order valence-electron chi connectivity index (χ0n) is 13.6. The Kier molecular flexibility index (Phi) is 4.73. The number of rotatable bonds is 5. The Balaban J connectivity index is 1.56. The van der Waals surface area contributed by atoms with Crippen molar-refractivity contribution >= 4 is 11.6 Å². The normalized spacial score (nSPS) is 15.6. The maximum atomic E-state index is 13.7. The van der Waals surface area contributed by atoms with Crippen molar-refractivity contribution in [3.05, 3.63) is 53.6 Å². The van der Waals surface area contributed by atoms with Crippen LogP contribution in [0.2, 0.25) is 0 Å². The van der Waals surface area contributed by atoms with Gasteiger partial charge in [-0.05, 0) is 31.2 Å². The molecule has 3 N–H and O–H groups in total. The summed E-state index contributed by atoms with van der Waals surface area (Å²) >= 11 is 0. The van der Waals surface area contributed by atoms with Crippen LogP contribution in [0.5, 0.6) is 11.5 Å². The van der Waals surface area contributed by atoms with Gasteiger partial charge in [0.15, 0.2) is 18.0 Å². The maximum Gasteiger partial charge on any atom is 0.586 e. The van der Waals surface area contributed by atoms with Crippen LogP contribution in [0.1, 0.15) is 18.5 Å². The van der Waals surface area contributed by atoms with Gasteiger partial charge in [0, 0.05) is 23.4 Å². The van der Waals surface area contributed by atoms with Crippen LogP contribution in [-0.2, 0) is 4.79 Å². The summed E-state index contributed by atoms with van der Waals surface area (Å²) < 4.78 is 61.2. The third-order valence-electron chi connectivity index (χ3n) is 3.79. The molecule has 1 amide bonds. The molecule has 2 aromatic carbocycles. The molecule has 1 aliphatic heterocycles. The molecule has 1 aliphatic rings. The smallest absolute Gasteiger partial charge is 0.395 e. The highest BCUT2D eigenvalue weighted by molar-refractivity contribution is 5.91. The van der Waals surface area contributed by atoms with E-state index in [-0.39, 0.29) is 29.3 Å². The highest BCUT2D eigenvalue weighted by atomic mass is 19.3. The topological polar surface area (TPSA) is 64.2 Å². The molecule has 2 aromatic rings. The Bertz CT molecular complexity index is 845. The highest BCUT2D eigenvalue weighted by Gasteiger charge is 2.43. The van der Waals surface area contributed by atoms with Gasteiger partial charge >= 0.3 is 6.29 Å². The number of hydrogen-bond donors (Lipinski definition) is 2. The number of ether oxygens (including phenoxy) is 2. The van der Waals surface area contributed by atoms with Crippen molar-refractivity contribution in [3.63, 3.8) is 0 Å². The summed E-state index contributed by atoms with van der Waals surface area (Å²) in [7, 11) is 0. The first-order valence-corrected chi connectivity index (χ1v) is 7.71. The number of halogens is 4. The van der Waals surface area contributed by atoms with Gasteiger partial charge in [-0.2, -0.15) is 0 Å². The number of quaternary nitrogens is 1. The molecule has 0 bridgehead atoms. The Morgan fingerprint density at radius 3 is 2.62 bits per heavy atom. The lowest BCUT2D eigenvalue weighted by molar-refractivity contribution is -0.682. The molecule has 3 rings (SSSR count). The second kappa shape index (κ2) is 6.83. The minimum absolute atomic E-state index is 0.0530. The van der Waals surface area contributed by atoms with Gasteiger partial charge < -0.3 is 20.1 Å². The molecule has 1 heterocycles. The lowest BCUT2D eigenvalue weighted by Crippen LogP contribution is -2.86. The predicted molar refractivity (Wildman–Crippen MR) is 82.8 cm³/mol. The number of fused-ring (bicyclic) bond motifs is 1. The molecule has 0 aliphatic carbocycles. The van der Waals surface area contributed by atoms with Crippen LogP contribution in [0.25, 0.3) is 0 Å². The van der Waals surface area contributed by atoms with Crippen LogP contribution >= 0.6 is 0 Å². The van der Waals surface area contributed by atoms with Crippen molar-refractivity contribution in [1.29, 1.82) is 0 Å². The van der Waals surface area contributed by atoms with Crippen LogP contribution < -0.4 is 20.1 Å². The average Bonchev–Trinajstić information content (AvgIpc) is 2.85. The van der Waals surface area contributed by atoms with E-state index in [9.17, 15) is 22.4 Å². The molecule has 26 heavy (non-hydrogen) atoms. The molecule has 0 aromatic heterocycles. The zero-order chi connectivity index (χ0) is 18.9. The summed E-state index contributed by atoms with van der Waals surface area (Å²) in [5, 5.41) is 4.09. The number of carbonyl (C=O) groups excluding carboxylic acids is 1. The van der Waals surface area contributed by atoms with Crippen molar-refractivity contribution < 1.29 is 37.1 Å². The van der Waals surface area contributed by atoms with Crippen molar-refractivity contribution in [1.82, 2.24) is 0 Å². The van der Waals surface area contributed by atoms with E-state index in [1.807, 2.05) is 0 Å². The van der Waals surface area contributed by atoms with Gasteiger partial charge in [0.2, 0.25) is 0 Å². The number of amides is 1. The standard InChI is InChI=1S/C17H14F4N2O3/c1-9(12-4-2-10(18)6-13(12)19)22-8-16(24)23-11-3-5-14-15(7-11)26-17(20,21)25-14/h2-7,9,22H,8H2,1H3,(H,23,24)/p+1/t9-/m0/s1. The van der Waals surface area contributed by atoms with Gasteiger partial charge in [-0.3, -0.25) is 4.79 Å². The largest absolute Gasteiger partial charge is 0.586 e. The van der Waals surface area contributed by atoms with Crippen LogP contribution in [-0.4, -0.2) is 18.7 Å². The van der Waals surface area contributed by atoms with Gasteiger partial charge in [-0.1, -0.05) is 0 Å². The van der Waals surface area contributed by atoms with Crippen molar-refractivity contribution in [2.24, 2.45) is 0 Å². The van der Waals surface area contributed by atoms with Crippen molar-refractivity contribution in [2.45, 2.75) is 19.3 Å². The number of hydrogen-bond acceptors (Lipinski definition) is 3. The second-order valence-electron chi connectivity index (χ2n) is 5.77. The van der Waals surface area contributed by atoms with Gasteiger partial charge in [0.25, 0.3) is 5.91 Å². The van der Waals surface area contributed by atoms with Crippen molar-refractivity contribution in [2.75, 3.05) is 11.9 Å². The Hall–Kier alpha value is -2.81. The van der Waals surface area contributed by atoms with Gasteiger partial charge in [-0.15, -0.1) is 8.78 Å². The first kappa shape index (κ1) is 18.0. The fourth-order valence-corrected chi connectivity index (χ4v) is 2.52. The van der Waals surface area contributed by atoms with Gasteiger partial charge in [-0.25, -0.2) is 8.78 Å². The minimum atomic E-state index is -3.73. The summed E-state index contributed by atoms with van der Waals surface area (Å²) in [6.07, 6.45) is -3.73. The molecule has 0 radical (unpaired) electrons. The van der Waals surface area contributed by atoms with Gasteiger partial charge in [0.05, 0.1) is 0 Å². The fourth-order valence-electron chi connectivity index (χ4n) is 2.52. The summed E-state index contributed by atoms with van der Waals surface area (Å²) in [4.78, 5) is 12.0. The average molecular weight is 371 g/mol. The SMILES string of the molecule is C[C@H]([NH2+]CC(=O)Nc1ccc2c(c1)OC(F)(F)O2)c1ccc(F)cc1F. The summed E-state index contributed by atoms with van der Waals surface area (Å²) in [6, 6.07) is 6.69. The number of nitrogens with two attached hydrogens (primary N) is 1. The van der Waals surface area contributed by atoms with E-state index in [1.165, 1.54) is 24.3 Å². The number of nitrogens with one attached hydrogen (secondary N) is 1. The number of alkyl halides is 2. The van der Waals surface area contributed by atoms with Crippen molar-refractivity contribution in [3.8, 4) is 11.5 Å². The molecule has 0 unspecified atom stereocenters.